The van der Waals surface area contributed by atoms with Crippen molar-refractivity contribution in [2.24, 2.45) is 10.9 Å². The molecule has 0 saturated heterocycles. The number of carbonyl (C=O) groups is 1. The molecule has 0 aromatic carbocycles. The Labute approximate surface area is 84.6 Å². The first-order chi connectivity index (χ1) is 6.65. The van der Waals surface area contributed by atoms with Crippen LogP contribution in [0.15, 0.2) is 5.16 Å². The lowest BCUT2D eigenvalue weighted by Crippen LogP contribution is -2.35. The largest absolute Gasteiger partial charge is 0.409 e. The zero-order valence-electron chi connectivity index (χ0n) is 8.86. The van der Waals surface area contributed by atoms with Gasteiger partial charge in [0.15, 0.2) is 0 Å². The lowest BCUT2D eigenvalue weighted by Gasteiger charge is -2.20. The van der Waals surface area contributed by atoms with Crippen molar-refractivity contribution in [1.82, 2.24) is 4.90 Å². The molecular formula is C9H19N3O2. The van der Waals surface area contributed by atoms with Crippen LogP contribution >= 0.6 is 0 Å². The Morgan fingerprint density at radius 2 is 1.86 bits per heavy atom. The maximum Gasteiger partial charge on any atom is 0.230 e. The van der Waals surface area contributed by atoms with Crippen LogP contribution in [0, 0.1) is 0 Å². The van der Waals surface area contributed by atoms with Crippen molar-refractivity contribution in [2.75, 3.05) is 13.1 Å². The van der Waals surface area contributed by atoms with Gasteiger partial charge in [-0.15, -0.1) is 0 Å². The van der Waals surface area contributed by atoms with Gasteiger partial charge in [-0.25, -0.2) is 0 Å². The molecule has 0 saturated carbocycles. The second-order valence-electron chi connectivity index (χ2n) is 3.15. The van der Waals surface area contributed by atoms with Crippen molar-refractivity contribution >= 4 is 11.7 Å². The Morgan fingerprint density at radius 3 is 2.21 bits per heavy atom. The van der Waals surface area contributed by atoms with Crippen molar-refractivity contribution in [2.45, 2.75) is 33.1 Å². The molecule has 0 fully saturated rings. The highest BCUT2D eigenvalue weighted by Crippen LogP contribution is 1.98. The minimum atomic E-state index is -0.0796. The third-order valence-corrected chi connectivity index (χ3v) is 1.80. The number of amidine groups is 1. The van der Waals surface area contributed by atoms with E-state index < -0.39 is 0 Å². The van der Waals surface area contributed by atoms with Crippen molar-refractivity contribution in [3.05, 3.63) is 0 Å². The minimum absolute atomic E-state index is 0.00347. The van der Waals surface area contributed by atoms with E-state index in [4.69, 9.17) is 10.9 Å². The third-order valence-electron chi connectivity index (χ3n) is 1.80. The number of carbonyl (C=O) groups excluding carboxylic acids is 1. The summed E-state index contributed by atoms with van der Waals surface area (Å²) in [5.74, 6) is -0.115. The van der Waals surface area contributed by atoms with Crippen LogP contribution in [0.1, 0.15) is 33.1 Å². The number of nitrogens with two attached hydrogens (primary N) is 1. The molecule has 1 amide bonds. The van der Waals surface area contributed by atoms with Gasteiger partial charge in [0.25, 0.3) is 0 Å². The third kappa shape index (κ3) is 4.69. The van der Waals surface area contributed by atoms with Gasteiger partial charge < -0.3 is 15.8 Å². The summed E-state index contributed by atoms with van der Waals surface area (Å²) >= 11 is 0. The Bertz CT molecular complexity index is 198. The van der Waals surface area contributed by atoms with Gasteiger partial charge in [0, 0.05) is 13.1 Å². The molecule has 0 radical (unpaired) electrons. The molecule has 5 nitrogen and oxygen atoms in total. The second-order valence-corrected chi connectivity index (χ2v) is 3.15. The summed E-state index contributed by atoms with van der Waals surface area (Å²) in [5.41, 5.74) is 5.26. The van der Waals surface area contributed by atoms with Crippen LogP contribution in [0.3, 0.4) is 0 Å². The molecule has 0 aliphatic rings. The summed E-state index contributed by atoms with van der Waals surface area (Å²) in [6.07, 6.45) is 1.83. The fourth-order valence-electron chi connectivity index (χ4n) is 1.20. The molecule has 0 aliphatic heterocycles. The molecule has 0 spiro atoms. The number of hydrogen-bond donors (Lipinski definition) is 2. The zero-order valence-corrected chi connectivity index (χ0v) is 8.86. The van der Waals surface area contributed by atoms with Gasteiger partial charge in [-0.1, -0.05) is 19.0 Å². The maximum atomic E-state index is 11.5. The van der Waals surface area contributed by atoms with Gasteiger partial charge in [0.05, 0.1) is 6.42 Å². The first kappa shape index (κ1) is 12.7. The highest BCUT2D eigenvalue weighted by atomic mass is 16.4. The highest BCUT2D eigenvalue weighted by Gasteiger charge is 2.12. The topological polar surface area (TPSA) is 78.9 Å². The van der Waals surface area contributed by atoms with Gasteiger partial charge in [-0.2, -0.15) is 0 Å². The Kier molecular flexibility index (Phi) is 6.53. The Morgan fingerprint density at radius 1 is 1.36 bits per heavy atom. The molecule has 0 aromatic rings. The van der Waals surface area contributed by atoms with E-state index in [0.717, 1.165) is 25.9 Å². The molecule has 0 aromatic heterocycles. The van der Waals surface area contributed by atoms with Crippen LogP contribution in [-0.2, 0) is 4.79 Å². The molecule has 0 aliphatic carbocycles. The number of rotatable bonds is 6. The average molecular weight is 201 g/mol. The van der Waals surface area contributed by atoms with E-state index in [0.29, 0.717) is 0 Å². The highest BCUT2D eigenvalue weighted by molar-refractivity contribution is 5.98. The summed E-state index contributed by atoms with van der Waals surface area (Å²) in [6, 6.07) is 0. The first-order valence-corrected chi connectivity index (χ1v) is 4.89. The second kappa shape index (κ2) is 7.17. The van der Waals surface area contributed by atoms with Crippen molar-refractivity contribution in [3.63, 3.8) is 0 Å². The lowest BCUT2D eigenvalue weighted by molar-refractivity contribution is -0.130. The summed E-state index contributed by atoms with van der Waals surface area (Å²) in [7, 11) is 0. The molecule has 0 unspecified atom stereocenters. The summed E-state index contributed by atoms with van der Waals surface area (Å²) < 4.78 is 0. The Balaban J connectivity index is 4.14. The SMILES string of the molecule is CCCN(CCC)C(=O)C/C(N)=N/O. The molecular weight excluding hydrogens is 182 g/mol. The van der Waals surface area contributed by atoms with E-state index >= 15 is 0 Å². The average Bonchev–Trinajstić information content (AvgIpc) is 2.17. The van der Waals surface area contributed by atoms with Crippen LogP contribution in [0.25, 0.3) is 0 Å². The summed E-state index contributed by atoms with van der Waals surface area (Å²) in [6.45, 7) is 5.48. The van der Waals surface area contributed by atoms with Crippen molar-refractivity contribution < 1.29 is 10.0 Å². The molecule has 0 heterocycles. The van der Waals surface area contributed by atoms with Gasteiger partial charge in [0.2, 0.25) is 5.91 Å². The van der Waals surface area contributed by atoms with Crippen molar-refractivity contribution in [3.8, 4) is 0 Å². The fraction of sp³-hybridized carbons (Fsp3) is 0.778. The zero-order chi connectivity index (χ0) is 11.0. The minimum Gasteiger partial charge on any atom is -0.409 e. The summed E-state index contributed by atoms with van der Waals surface area (Å²) in [5, 5.41) is 11.1. The van der Waals surface area contributed by atoms with Crippen LogP contribution in [0.4, 0.5) is 0 Å². The van der Waals surface area contributed by atoms with E-state index in [2.05, 4.69) is 5.16 Å². The molecule has 14 heavy (non-hydrogen) atoms. The molecule has 5 heteroatoms. The summed E-state index contributed by atoms with van der Waals surface area (Å²) in [4.78, 5) is 13.3. The predicted molar refractivity (Wildman–Crippen MR) is 55.2 cm³/mol. The Hall–Kier alpha value is -1.26. The normalized spacial score (nSPS) is 11.4. The van der Waals surface area contributed by atoms with Gasteiger partial charge >= 0.3 is 0 Å². The molecule has 82 valence electrons. The first-order valence-electron chi connectivity index (χ1n) is 4.89. The van der Waals surface area contributed by atoms with Crippen LogP contribution < -0.4 is 5.73 Å². The van der Waals surface area contributed by atoms with Crippen LogP contribution in [0.5, 0.6) is 0 Å². The standard InChI is InChI=1S/C9H19N3O2/c1-3-5-12(6-4-2)9(13)7-8(10)11-14/h14H,3-7H2,1-2H3,(H2,10,11). The molecule has 0 bridgehead atoms. The van der Waals surface area contributed by atoms with E-state index in [1.165, 1.54) is 0 Å². The van der Waals surface area contributed by atoms with E-state index in [-0.39, 0.29) is 18.2 Å². The van der Waals surface area contributed by atoms with E-state index in [1.54, 1.807) is 4.90 Å². The van der Waals surface area contributed by atoms with Gasteiger partial charge in [-0.05, 0) is 12.8 Å². The molecule has 0 rings (SSSR count). The van der Waals surface area contributed by atoms with Gasteiger partial charge in [-0.3, -0.25) is 4.79 Å². The lowest BCUT2D eigenvalue weighted by atomic mass is 10.3. The monoisotopic (exact) mass is 201 g/mol. The molecule has 3 N–H and O–H groups in total. The van der Waals surface area contributed by atoms with Crippen LogP contribution in [0.2, 0.25) is 0 Å². The maximum absolute atomic E-state index is 11.5. The number of hydrogen-bond acceptors (Lipinski definition) is 3. The van der Waals surface area contributed by atoms with Crippen LogP contribution in [-0.4, -0.2) is 34.9 Å². The smallest absolute Gasteiger partial charge is 0.230 e. The van der Waals surface area contributed by atoms with E-state index in [9.17, 15) is 4.79 Å². The number of nitrogens with zero attached hydrogens (tertiary/aromatic N) is 2. The predicted octanol–water partition coefficient (Wildman–Crippen LogP) is 0.772. The van der Waals surface area contributed by atoms with Gasteiger partial charge in [0.1, 0.15) is 5.84 Å². The van der Waals surface area contributed by atoms with E-state index in [1.807, 2.05) is 13.8 Å². The quantitative estimate of drug-likeness (QED) is 0.288. The number of amides is 1. The number of oxime groups is 1. The fourth-order valence-corrected chi connectivity index (χ4v) is 1.20. The molecule has 0 atom stereocenters. The van der Waals surface area contributed by atoms with Crippen molar-refractivity contribution in [1.29, 1.82) is 0 Å².